The Morgan fingerprint density at radius 1 is 1.73 bits per heavy atom. The van der Waals surface area contributed by atoms with E-state index >= 15 is 0 Å². The zero-order valence-corrected chi connectivity index (χ0v) is 10.8. The van der Waals surface area contributed by atoms with Gasteiger partial charge in [-0.15, -0.1) is 0 Å². The molecule has 0 unspecified atom stereocenters. The summed E-state index contributed by atoms with van der Waals surface area (Å²) in [6.45, 7) is 3.74. The third-order valence-corrected chi connectivity index (χ3v) is 3.85. The van der Waals surface area contributed by atoms with Gasteiger partial charge >= 0.3 is 5.97 Å². The molecule has 0 bridgehead atoms. The minimum absolute atomic E-state index is 0.0185. The Morgan fingerprint density at radius 3 is 2.80 bits per heavy atom. The highest BCUT2D eigenvalue weighted by Crippen LogP contribution is 2.42. The Balaban J connectivity index is 3.18. The fourth-order valence-electron chi connectivity index (χ4n) is 1.95. The first-order valence-corrected chi connectivity index (χ1v) is 5.97. The lowest BCUT2D eigenvalue weighted by atomic mass is 9.67. The summed E-state index contributed by atoms with van der Waals surface area (Å²) >= 11 is 3.31. The molecular formula is C11H15BrO3. The fraction of sp³-hybridized carbons (Fsp3) is 0.636. The molecule has 2 atom stereocenters. The molecule has 1 aliphatic carbocycles. The topological polar surface area (TPSA) is 43.4 Å². The predicted molar refractivity (Wildman–Crippen MR) is 60.8 cm³/mol. The van der Waals surface area contributed by atoms with Gasteiger partial charge in [-0.2, -0.15) is 0 Å². The molecule has 3 nitrogen and oxygen atoms in total. The van der Waals surface area contributed by atoms with Crippen molar-refractivity contribution in [3.05, 3.63) is 11.6 Å². The number of carbonyl (C=O) groups is 2. The van der Waals surface area contributed by atoms with E-state index in [0.717, 1.165) is 5.57 Å². The largest absolute Gasteiger partial charge is 0.468 e. The van der Waals surface area contributed by atoms with Crippen LogP contribution in [0, 0.1) is 11.3 Å². The van der Waals surface area contributed by atoms with Crippen LogP contribution in [0.3, 0.4) is 0 Å². The molecular weight excluding hydrogens is 260 g/mol. The lowest BCUT2D eigenvalue weighted by molar-refractivity contribution is -0.152. The highest BCUT2D eigenvalue weighted by Gasteiger charge is 2.45. The van der Waals surface area contributed by atoms with E-state index in [9.17, 15) is 9.59 Å². The predicted octanol–water partition coefficient (Wildman–Crippen LogP) is 2.10. The van der Waals surface area contributed by atoms with Crippen molar-refractivity contribution in [2.75, 3.05) is 12.4 Å². The molecule has 0 aromatic rings. The summed E-state index contributed by atoms with van der Waals surface area (Å²) in [5.41, 5.74) is 0.129. The Labute approximate surface area is 98.0 Å². The Bertz CT molecular complexity index is 322. The zero-order chi connectivity index (χ0) is 11.6. The molecule has 0 amide bonds. The first-order valence-electron chi connectivity index (χ1n) is 4.85. The molecule has 0 aromatic carbocycles. The minimum atomic E-state index is -0.674. The fourth-order valence-corrected chi connectivity index (χ4v) is 2.69. The molecule has 4 heteroatoms. The van der Waals surface area contributed by atoms with Crippen molar-refractivity contribution in [1.82, 2.24) is 0 Å². The molecule has 0 fully saturated rings. The van der Waals surface area contributed by atoms with Gasteiger partial charge in [0.2, 0.25) is 0 Å². The van der Waals surface area contributed by atoms with Crippen LogP contribution in [-0.4, -0.2) is 24.2 Å². The van der Waals surface area contributed by atoms with Gasteiger partial charge in [-0.3, -0.25) is 9.59 Å². The van der Waals surface area contributed by atoms with Crippen LogP contribution >= 0.6 is 15.9 Å². The van der Waals surface area contributed by atoms with Gasteiger partial charge in [0.05, 0.1) is 12.5 Å². The Hall–Kier alpha value is -0.640. The summed E-state index contributed by atoms with van der Waals surface area (Å²) in [6.07, 6.45) is 1.97. The number of hydrogen-bond donors (Lipinski definition) is 0. The molecule has 0 aromatic heterocycles. The minimum Gasteiger partial charge on any atom is -0.468 e. The average Bonchev–Trinajstić information content (AvgIpc) is 2.21. The highest BCUT2D eigenvalue weighted by molar-refractivity contribution is 9.09. The van der Waals surface area contributed by atoms with Gasteiger partial charge in [0.1, 0.15) is 0 Å². The molecule has 0 heterocycles. The number of methoxy groups -OCH3 is 1. The Kier molecular flexibility index (Phi) is 3.71. The van der Waals surface area contributed by atoms with Crippen molar-refractivity contribution < 1.29 is 14.3 Å². The van der Waals surface area contributed by atoms with Crippen molar-refractivity contribution in [2.45, 2.75) is 20.3 Å². The maximum atomic E-state index is 11.8. The number of allylic oxidation sites excluding steroid dienone is 1. The zero-order valence-electron chi connectivity index (χ0n) is 9.17. The summed E-state index contributed by atoms with van der Waals surface area (Å²) in [7, 11) is 1.38. The second kappa shape index (κ2) is 4.47. The molecule has 0 radical (unpaired) electrons. The summed E-state index contributed by atoms with van der Waals surface area (Å²) < 4.78 is 4.82. The summed E-state index contributed by atoms with van der Waals surface area (Å²) in [5, 5.41) is 0.522. The van der Waals surface area contributed by atoms with Gasteiger partial charge < -0.3 is 4.74 Å². The van der Waals surface area contributed by atoms with E-state index in [4.69, 9.17) is 4.74 Å². The van der Waals surface area contributed by atoms with Crippen LogP contribution in [0.25, 0.3) is 0 Å². The number of rotatable bonds is 2. The van der Waals surface area contributed by atoms with Gasteiger partial charge in [-0.25, -0.2) is 0 Å². The van der Waals surface area contributed by atoms with Gasteiger partial charge in [0, 0.05) is 11.8 Å². The van der Waals surface area contributed by atoms with E-state index in [1.807, 2.05) is 13.8 Å². The first-order chi connectivity index (χ1) is 6.96. The standard InChI is InChI=1S/C11H15BrO3/c1-7-4-9(13)5-8(6-12)11(7,2)10(14)15-3/h5,7H,4,6H2,1-3H3/t7-,11+/m1/s1. The van der Waals surface area contributed by atoms with Gasteiger partial charge in [-0.1, -0.05) is 22.9 Å². The third-order valence-electron chi connectivity index (χ3n) is 3.25. The molecule has 0 aliphatic heterocycles. The van der Waals surface area contributed by atoms with E-state index < -0.39 is 5.41 Å². The molecule has 0 saturated carbocycles. The van der Waals surface area contributed by atoms with Crippen LogP contribution in [0.2, 0.25) is 0 Å². The quantitative estimate of drug-likeness (QED) is 0.572. The van der Waals surface area contributed by atoms with Crippen LogP contribution in [0.4, 0.5) is 0 Å². The number of hydrogen-bond acceptors (Lipinski definition) is 3. The van der Waals surface area contributed by atoms with Crippen molar-refractivity contribution in [2.24, 2.45) is 11.3 Å². The van der Waals surface area contributed by atoms with Crippen LogP contribution in [-0.2, 0) is 14.3 Å². The molecule has 1 aliphatic rings. The van der Waals surface area contributed by atoms with Gasteiger partial charge in [0.15, 0.2) is 5.78 Å². The van der Waals surface area contributed by atoms with Gasteiger partial charge in [0.25, 0.3) is 0 Å². The van der Waals surface area contributed by atoms with Crippen molar-refractivity contribution in [1.29, 1.82) is 0 Å². The van der Waals surface area contributed by atoms with Crippen molar-refractivity contribution >= 4 is 27.7 Å². The summed E-state index contributed by atoms with van der Waals surface area (Å²) in [4.78, 5) is 23.2. The van der Waals surface area contributed by atoms with E-state index in [2.05, 4.69) is 15.9 Å². The van der Waals surface area contributed by atoms with Crippen LogP contribution in [0.1, 0.15) is 20.3 Å². The summed E-state index contributed by atoms with van der Waals surface area (Å²) in [6, 6.07) is 0. The lowest BCUT2D eigenvalue weighted by Gasteiger charge is -2.37. The van der Waals surface area contributed by atoms with Crippen molar-refractivity contribution in [3.8, 4) is 0 Å². The smallest absolute Gasteiger partial charge is 0.315 e. The number of ketones is 1. The first kappa shape index (κ1) is 12.4. The van der Waals surface area contributed by atoms with Gasteiger partial charge in [-0.05, 0) is 24.5 Å². The van der Waals surface area contributed by atoms with Crippen molar-refractivity contribution in [3.63, 3.8) is 0 Å². The van der Waals surface area contributed by atoms with E-state index in [-0.39, 0.29) is 17.7 Å². The number of ether oxygens (including phenoxy) is 1. The lowest BCUT2D eigenvalue weighted by Crippen LogP contribution is -2.41. The Morgan fingerprint density at radius 2 is 2.33 bits per heavy atom. The van der Waals surface area contributed by atoms with Crippen LogP contribution in [0.5, 0.6) is 0 Å². The molecule has 0 saturated heterocycles. The number of esters is 1. The molecule has 0 N–H and O–H groups in total. The second-order valence-corrected chi connectivity index (χ2v) is 4.63. The van der Waals surface area contributed by atoms with Crippen LogP contribution in [0.15, 0.2) is 11.6 Å². The van der Waals surface area contributed by atoms with E-state index in [1.165, 1.54) is 7.11 Å². The maximum absolute atomic E-state index is 11.8. The molecule has 84 valence electrons. The number of alkyl halides is 1. The molecule has 15 heavy (non-hydrogen) atoms. The van der Waals surface area contributed by atoms with E-state index in [1.54, 1.807) is 6.08 Å². The normalized spacial score (nSPS) is 31.1. The summed E-state index contributed by atoms with van der Waals surface area (Å²) in [5.74, 6) is -0.207. The SMILES string of the molecule is COC(=O)[C@]1(C)C(CBr)=CC(=O)C[C@H]1C. The van der Waals surface area contributed by atoms with E-state index in [0.29, 0.717) is 11.8 Å². The third kappa shape index (κ3) is 2.00. The molecule has 1 rings (SSSR count). The maximum Gasteiger partial charge on any atom is 0.315 e. The number of carbonyl (C=O) groups excluding carboxylic acids is 2. The highest BCUT2D eigenvalue weighted by atomic mass is 79.9. The second-order valence-electron chi connectivity index (χ2n) is 4.07. The number of halogens is 1. The van der Waals surface area contributed by atoms with Crippen LogP contribution < -0.4 is 0 Å². The molecule has 0 spiro atoms. The monoisotopic (exact) mass is 274 g/mol. The average molecular weight is 275 g/mol.